The van der Waals surface area contributed by atoms with Crippen LogP contribution in [0.2, 0.25) is 5.02 Å². The Kier molecular flexibility index (Phi) is 4.95. The van der Waals surface area contributed by atoms with Gasteiger partial charge in [0.15, 0.2) is 0 Å². The largest absolute Gasteiger partial charge is 0.478 e. The fourth-order valence-corrected chi connectivity index (χ4v) is 3.79. The molecule has 4 aromatic rings. The molecule has 0 spiro atoms. The van der Waals surface area contributed by atoms with Gasteiger partial charge in [0.2, 0.25) is 0 Å². The maximum Gasteiger partial charge on any atom is 0.337 e. The Bertz CT molecular complexity index is 1270. The number of fused-ring (bicyclic) bond motifs is 1. The molecule has 1 aromatic heterocycles. The highest BCUT2D eigenvalue weighted by Gasteiger charge is 2.13. The van der Waals surface area contributed by atoms with Crippen LogP contribution in [0.5, 0.6) is 0 Å². The van der Waals surface area contributed by atoms with Gasteiger partial charge >= 0.3 is 5.97 Å². The zero-order valence-electron chi connectivity index (χ0n) is 16.1. The molecule has 1 heterocycles. The summed E-state index contributed by atoms with van der Waals surface area (Å²) in [6, 6.07) is 21.4. The van der Waals surface area contributed by atoms with E-state index < -0.39 is 5.97 Å². The highest BCUT2D eigenvalue weighted by molar-refractivity contribution is 6.33. The Morgan fingerprint density at radius 3 is 2.48 bits per heavy atom. The van der Waals surface area contributed by atoms with Crippen LogP contribution in [-0.4, -0.2) is 21.9 Å². The number of hydrogen-bond acceptors (Lipinski definition) is 2. The number of hydrogen-bond donors (Lipinski definition) is 1. The van der Waals surface area contributed by atoms with E-state index >= 15 is 0 Å². The summed E-state index contributed by atoms with van der Waals surface area (Å²) < 4.78 is 2.04. The van der Waals surface area contributed by atoms with Gasteiger partial charge in [-0.25, -0.2) is 4.79 Å². The summed E-state index contributed by atoms with van der Waals surface area (Å²) in [5.74, 6) is -1.04. The monoisotopic (exact) mass is 402 g/mol. The lowest BCUT2D eigenvalue weighted by molar-refractivity contribution is 0.0697. The lowest BCUT2D eigenvalue weighted by Gasteiger charge is -2.11. The Hall–Kier alpha value is -3.37. The zero-order chi connectivity index (χ0) is 20.5. The molecule has 0 aliphatic rings. The zero-order valence-corrected chi connectivity index (χ0v) is 16.8. The first-order valence-corrected chi connectivity index (χ1v) is 9.57. The molecule has 0 amide bonds. The van der Waals surface area contributed by atoms with Gasteiger partial charge in [0.25, 0.3) is 0 Å². The summed E-state index contributed by atoms with van der Waals surface area (Å²) in [7, 11) is 0. The second-order valence-corrected chi connectivity index (χ2v) is 7.33. The number of aromatic nitrogens is 1. The number of benzene rings is 3. The molecule has 0 saturated carbocycles. The van der Waals surface area contributed by atoms with Crippen molar-refractivity contribution in [3.8, 4) is 5.69 Å². The standard InChI is InChI=1S/C24H19ClN2O2/c1-15-11-19(14-26-20-8-7-17-5-3-4-6-18(17)12-20)16(2)27(15)21-9-10-22(24(28)29)23(25)13-21/h3-14H,1-2H3,(H,28,29). The van der Waals surface area contributed by atoms with Crippen molar-refractivity contribution in [2.45, 2.75) is 13.8 Å². The van der Waals surface area contributed by atoms with Crippen LogP contribution in [0.25, 0.3) is 16.5 Å². The van der Waals surface area contributed by atoms with Gasteiger partial charge in [-0.15, -0.1) is 0 Å². The number of nitrogens with zero attached hydrogens (tertiary/aromatic N) is 2. The third-order valence-electron chi connectivity index (χ3n) is 5.00. The molecule has 0 unspecified atom stereocenters. The summed E-state index contributed by atoms with van der Waals surface area (Å²) >= 11 is 6.15. The van der Waals surface area contributed by atoms with E-state index in [0.717, 1.165) is 33.7 Å². The van der Waals surface area contributed by atoms with Crippen LogP contribution < -0.4 is 0 Å². The normalized spacial score (nSPS) is 11.4. The quantitative estimate of drug-likeness (QED) is 0.404. The number of aliphatic imine (C=N–C) groups is 1. The first kappa shape index (κ1) is 19.0. The van der Waals surface area contributed by atoms with E-state index in [-0.39, 0.29) is 10.6 Å². The molecule has 3 aromatic carbocycles. The molecule has 0 saturated heterocycles. The predicted molar refractivity (Wildman–Crippen MR) is 118 cm³/mol. The molecule has 4 rings (SSSR count). The minimum atomic E-state index is -1.04. The van der Waals surface area contributed by atoms with E-state index in [9.17, 15) is 9.90 Å². The molecule has 0 atom stereocenters. The van der Waals surface area contributed by atoms with E-state index in [0.29, 0.717) is 0 Å². The van der Waals surface area contributed by atoms with Crippen molar-refractivity contribution in [2.75, 3.05) is 0 Å². The number of rotatable bonds is 4. The van der Waals surface area contributed by atoms with Crippen molar-refractivity contribution in [1.82, 2.24) is 4.57 Å². The average Bonchev–Trinajstić information content (AvgIpc) is 2.99. The average molecular weight is 403 g/mol. The number of carboxylic acid groups (broad SMARTS) is 1. The molecule has 0 fully saturated rings. The molecule has 0 radical (unpaired) electrons. The van der Waals surface area contributed by atoms with E-state index in [1.807, 2.05) is 42.8 Å². The molecular weight excluding hydrogens is 384 g/mol. The second-order valence-electron chi connectivity index (χ2n) is 6.92. The van der Waals surface area contributed by atoms with Gasteiger partial charge in [-0.2, -0.15) is 0 Å². The molecule has 0 bridgehead atoms. The minimum Gasteiger partial charge on any atom is -0.478 e. The fraction of sp³-hybridized carbons (Fsp3) is 0.0833. The minimum absolute atomic E-state index is 0.0935. The van der Waals surface area contributed by atoms with Crippen molar-refractivity contribution >= 4 is 40.2 Å². The van der Waals surface area contributed by atoms with Crippen molar-refractivity contribution in [2.24, 2.45) is 4.99 Å². The maximum absolute atomic E-state index is 11.2. The Balaban J connectivity index is 1.68. The second kappa shape index (κ2) is 7.57. The smallest absolute Gasteiger partial charge is 0.337 e. The molecule has 5 heteroatoms. The molecule has 1 N–H and O–H groups in total. The number of carbonyl (C=O) groups is 1. The third-order valence-corrected chi connectivity index (χ3v) is 5.31. The number of aryl methyl sites for hydroxylation is 1. The van der Waals surface area contributed by atoms with Crippen molar-refractivity contribution in [3.05, 3.63) is 94.3 Å². The van der Waals surface area contributed by atoms with Crippen molar-refractivity contribution in [1.29, 1.82) is 0 Å². The topological polar surface area (TPSA) is 54.6 Å². The Morgan fingerprint density at radius 2 is 1.76 bits per heavy atom. The fourth-order valence-electron chi connectivity index (χ4n) is 3.53. The summed E-state index contributed by atoms with van der Waals surface area (Å²) in [4.78, 5) is 15.8. The lowest BCUT2D eigenvalue weighted by Crippen LogP contribution is -2.02. The molecule has 0 aliphatic heterocycles. The lowest BCUT2D eigenvalue weighted by atomic mass is 10.1. The van der Waals surface area contributed by atoms with Gasteiger partial charge in [0.1, 0.15) is 0 Å². The van der Waals surface area contributed by atoms with E-state index in [1.54, 1.807) is 12.1 Å². The van der Waals surface area contributed by atoms with E-state index in [2.05, 4.69) is 35.3 Å². The number of aromatic carboxylic acids is 1. The SMILES string of the molecule is Cc1cc(C=Nc2ccc3ccccc3c2)c(C)n1-c1ccc(C(=O)O)c(Cl)c1. The summed E-state index contributed by atoms with van der Waals surface area (Å²) in [5.41, 5.74) is 4.82. The summed E-state index contributed by atoms with van der Waals surface area (Å²) in [6.07, 6.45) is 1.86. The Labute approximate surface area is 173 Å². The van der Waals surface area contributed by atoms with Gasteiger partial charge < -0.3 is 9.67 Å². The molecule has 144 valence electrons. The van der Waals surface area contributed by atoms with E-state index in [4.69, 9.17) is 11.6 Å². The van der Waals surface area contributed by atoms with Gasteiger partial charge in [0.05, 0.1) is 16.3 Å². The van der Waals surface area contributed by atoms with Crippen LogP contribution in [0.4, 0.5) is 5.69 Å². The van der Waals surface area contributed by atoms with Crippen molar-refractivity contribution in [3.63, 3.8) is 0 Å². The van der Waals surface area contributed by atoms with Crippen LogP contribution in [0, 0.1) is 13.8 Å². The maximum atomic E-state index is 11.2. The first-order chi connectivity index (χ1) is 13.9. The van der Waals surface area contributed by atoms with Gasteiger partial charge in [-0.1, -0.05) is 41.9 Å². The van der Waals surface area contributed by atoms with Crippen LogP contribution in [0.15, 0.2) is 71.7 Å². The highest BCUT2D eigenvalue weighted by Crippen LogP contribution is 2.26. The van der Waals surface area contributed by atoms with Gasteiger partial charge in [-0.3, -0.25) is 4.99 Å². The highest BCUT2D eigenvalue weighted by atomic mass is 35.5. The number of carboxylic acids is 1. The third kappa shape index (κ3) is 3.67. The van der Waals surface area contributed by atoms with Crippen LogP contribution >= 0.6 is 11.6 Å². The molecule has 29 heavy (non-hydrogen) atoms. The van der Waals surface area contributed by atoms with Crippen LogP contribution in [0.3, 0.4) is 0 Å². The van der Waals surface area contributed by atoms with Crippen molar-refractivity contribution < 1.29 is 9.90 Å². The molecular formula is C24H19ClN2O2. The van der Waals surface area contributed by atoms with Gasteiger partial charge in [0, 0.05) is 28.9 Å². The van der Waals surface area contributed by atoms with Gasteiger partial charge in [-0.05, 0) is 61.0 Å². The first-order valence-electron chi connectivity index (χ1n) is 9.19. The summed E-state index contributed by atoms with van der Waals surface area (Å²) in [5, 5.41) is 11.7. The summed E-state index contributed by atoms with van der Waals surface area (Å²) in [6.45, 7) is 4.01. The van der Waals surface area contributed by atoms with E-state index in [1.165, 1.54) is 11.5 Å². The van der Waals surface area contributed by atoms with Crippen LogP contribution in [0.1, 0.15) is 27.3 Å². The van der Waals surface area contributed by atoms with Crippen LogP contribution in [-0.2, 0) is 0 Å². The molecule has 0 aliphatic carbocycles. The predicted octanol–water partition coefficient (Wildman–Crippen LogP) is 6.35. The number of halogens is 1. The molecule has 4 nitrogen and oxygen atoms in total. The Morgan fingerprint density at radius 1 is 1.00 bits per heavy atom.